The van der Waals surface area contributed by atoms with Crippen LogP contribution in [0, 0.1) is 0 Å². The standard InChI is InChI=1S/C24H27N5O3S/c1-15(2)33(30,31)19-10-8-18(9-11-19)21-14-27-24(25)23(28-21)22-12-20(29-32-22)17-6-4-16(5-7-17)13-26-3/h4-11,14-15,22,26H,12-13H2,1-3H3,(H2,25,27). The van der Waals surface area contributed by atoms with Crippen LogP contribution in [-0.2, 0) is 21.2 Å². The fraction of sp³-hybridized carbons (Fsp3) is 0.292. The SMILES string of the molecule is CNCc1ccc(C2=NOC(c3nc(-c4ccc(S(=O)(=O)C(C)C)cc4)cnc3N)C2)cc1. The Bertz CT molecular complexity index is 1270. The molecule has 1 atom stereocenters. The fourth-order valence-corrected chi connectivity index (χ4v) is 4.65. The molecule has 0 spiro atoms. The van der Waals surface area contributed by atoms with Crippen molar-refractivity contribution in [1.29, 1.82) is 0 Å². The molecule has 0 amide bonds. The van der Waals surface area contributed by atoms with Crippen LogP contribution in [0.3, 0.4) is 0 Å². The number of rotatable bonds is 7. The van der Waals surface area contributed by atoms with E-state index in [9.17, 15) is 8.42 Å². The first kappa shape index (κ1) is 22.9. The molecule has 0 radical (unpaired) electrons. The summed E-state index contributed by atoms with van der Waals surface area (Å²) < 4.78 is 24.7. The van der Waals surface area contributed by atoms with Crippen molar-refractivity contribution in [3.63, 3.8) is 0 Å². The van der Waals surface area contributed by atoms with E-state index in [0.29, 0.717) is 17.8 Å². The summed E-state index contributed by atoms with van der Waals surface area (Å²) in [6.45, 7) is 4.13. The number of benzene rings is 2. The summed E-state index contributed by atoms with van der Waals surface area (Å²) in [5, 5.41) is 6.89. The van der Waals surface area contributed by atoms with Crippen LogP contribution in [0.4, 0.5) is 5.82 Å². The molecule has 8 nitrogen and oxygen atoms in total. The van der Waals surface area contributed by atoms with Gasteiger partial charge in [-0.05, 0) is 44.2 Å². The smallest absolute Gasteiger partial charge is 0.180 e. The number of nitrogen functional groups attached to an aromatic ring is 1. The van der Waals surface area contributed by atoms with E-state index in [0.717, 1.165) is 23.4 Å². The van der Waals surface area contributed by atoms with E-state index < -0.39 is 21.2 Å². The first-order valence-corrected chi connectivity index (χ1v) is 12.3. The molecular weight excluding hydrogens is 438 g/mol. The van der Waals surface area contributed by atoms with Crippen LogP contribution in [0.2, 0.25) is 0 Å². The third-order valence-electron chi connectivity index (χ3n) is 5.57. The lowest BCUT2D eigenvalue weighted by atomic mass is 10.0. The summed E-state index contributed by atoms with van der Waals surface area (Å²) in [7, 11) is -1.43. The van der Waals surface area contributed by atoms with Gasteiger partial charge in [0.1, 0.15) is 11.5 Å². The van der Waals surface area contributed by atoms with Gasteiger partial charge in [0.2, 0.25) is 0 Å². The second kappa shape index (κ2) is 9.29. The lowest BCUT2D eigenvalue weighted by Gasteiger charge is -2.12. The van der Waals surface area contributed by atoms with Crippen LogP contribution in [0.15, 0.2) is 64.8 Å². The molecule has 4 rings (SSSR count). The molecule has 0 aliphatic carbocycles. The Labute approximate surface area is 193 Å². The minimum Gasteiger partial charge on any atom is -0.385 e. The zero-order valence-corrected chi connectivity index (χ0v) is 19.6. The second-order valence-corrected chi connectivity index (χ2v) is 10.7. The first-order valence-electron chi connectivity index (χ1n) is 10.7. The summed E-state index contributed by atoms with van der Waals surface area (Å²) >= 11 is 0. The maximum absolute atomic E-state index is 12.4. The van der Waals surface area contributed by atoms with Gasteiger partial charge in [-0.3, -0.25) is 0 Å². The highest BCUT2D eigenvalue weighted by Crippen LogP contribution is 2.32. The third kappa shape index (κ3) is 4.74. The van der Waals surface area contributed by atoms with Crippen LogP contribution >= 0.6 is 0 Å². The summed E-state index contributed by atoms with van der Waals surface area (Å²) in [4.78, 5) is 14.9. The van der Waals surface area contributed by atoms with E-state index in [4.69, 9.17) is 10.6 Å². The molecule has 3 N–H and O–H groups in total. The minimum absolute atomic E-state index is 0.280. The number of hydrogen-bond donors (Lipinski definition) is 2. The van der Waals surface area contributed by atoms with Crippen molar-refractivity contribution in [2.24, 2.45) is 5.16 Å². The van der Waals surface area contributed by atoms with E-state index in [1.165, 1.54) is 5.56 Å². The van der Waals surface area contributed by atoms with Gasteiger partial charge in [0.15, 0.2) is 15.9 Å². The van der Waals surface area contributed by atoms with E-state index in [-0.39, 0.29) is 10.7 Å². The van der Waals surface area contributed by atoms with E-state index in [2.05, 4.69) is 32.6 Å². The van der Waals surface area contributed by atoms with Crippen molar-refractivity contribution in [3.8, 4) is 11.3 Å². The van der Waals surface area contributed by atoms with E-state index >= 15 is 0 Å². The van der Waals surface area contributed by atoms with Gasteiger partial charge < -0.3 is 15.9 Å². The molecule has 1 unspecified atom stereocenters. The first-order chi connectivity index (χ1) is 15.8. The molecule has 1 aliphatic rings. The summed E-state index contributed by atoms with van der Waals surface area (Å²) in [5.74, 6) is 0.281. The van der Waals surface area contributed by atoms with Crippen LogP contribution in [-0.4, -0.2) is 36.4 Å². The predicted molar refractivity (Wildman–Crippen MR) is 128 cm³/mol. The van der Waals surface area contributed by atoms with Crippen LogP contribution in [0.25, 0.3) is 11.3 Å². The third-order valence-corrected chi connectivity index (χ3v) is 7.74. The largest absolute Gasteiger partial charge is 0.385 e. The molecule has 0 fully saturated rings. The number of nitrogens with one attached hydrogen (secondary N) is 1. The second-order valence-electron chi connectivity index (χ2n) is 8.21. The Hall–Kier alpha value is -3.30. The van der Waals surface area contributed by atoms with Crippen LogP contribution < -0.4 is 11.1 Å². The van der Waals surface area contributed by atoms with Gasteiger partial charge in [-0.25, -0.2) is 18.4 Å². The molecule has 0 bridgehead atoms. The maximum atomic E-state index is 12.4. The summed E-state index contributed by atoms with van der Waals surface area (Å²) in [6.07, 6.45) is 1.66. The predicted octanol–water partition coefficient (Wildman–Crippen LogP) is 3.49. The van der Waals surface area contributed by atoms with Crippen molar-refractivity contribution in [2.45, 2.75) is 43.1 Å². The van der Waals surface area contributed by atoms with Crippen molar-refractivity contribution in [3.05, 3.63) is 71.5 Å². The number of hydrogen-bond acceptors (Lipinski definition) is 8. The number of nitrogens with two attached hydrogens (primary N) is 1. The molecule has 9 heteroatoms. The lowest BCUT2D eigenvalue weighted by Crippen LogP contribution is -2.13. The lowest BCUT2D eigenvalue weighted by molar-refractivity contribution is 0.0830. The number of anilines is 1. The van der Waals surface area contributed by atoms with Crippen molar-refractivity contribution in [1.82, 2.24) is 15.3 Å². The highest BCUT2D eigenvalue weighted by molar-refractivity contribution is 7.92. The van der Waals surface area contributed by atoms with Gasteiger partial charge in [-0.15, -0.1) is 0 Å². The highest BCUT2D eigenvalue weighted by atomic mass is 32.2. The number of sulfone groups is 1. The Morgan fingerprint density at radius 1 is 1.09 bits per heavy atom. The Morgan fingerprint density at radius 3 is 2.39 bits per heavy atom. The molecule has 0 saturated carbocycles. The van der Waals surface area contributed by atoms with Gasteiger partial charge in [0, 0.05) is 18.5 Å². The van der Waals surface area contributed by atoms with Crippen molar-refractivity contribution in [2.75, 3.05) is 12.8 Å². The van der Waals surface area contributed by atoms with Crippen LogP contribution in [0.1, 0.15) is 43.2 Å². The topological polar surface area (TPSA) is 120 Å². The van der Waals surface area contributed by atoms with E-state index in [1.807, 2.05) is 19.2 Å². The normalized spacial score (nSPS) is 16.0. The quantitative estimate of drug-likeness (QED) is 0.548. The molecule has 0 saturated heterocycles. The molecule has 1 aromatic heterocycles. The highest BCUT2D eigenvalue weighted by Gasteiger charge is 2.28. The molecular formula is C24H27N5O3S. The number of nitrogens with zero attached hydrogens (tertiary/aromatic N) is 3. The Balaban J connectivity index is 1.54. The van der Waals surface area contributed by atoms with Crippen molar-refractivity contribution < 1.29 is 13.3 Å². The van der Waals surface area contributed by atoms with Gasteiger partial charge in [0.05, 0.1) is 27.7 Å². The molecule has 172 valence electrons. The summed E-state index contributed by atoms with van der Waals surface area (Å²) in [6, 6.07) is 14.8. The molecule has 3 aromatic rings. The summed E-state index contributed by atoms with van der Waals surface area (Å²) in [5.41, 5.74) is 10.9. The molecule has 1 aliphatic heterocycles. The van der Waals surface area contributed by atoms with Crippen LogP contribution in [0.5, 0.6) is 0 Å². The van der Waals surface area contributed by atoms with E-state index in [1.54, 1.807) is 44.3 Å². The zero-order chi connectivity index (χ0) is 23.6. The molecule has 2 aromatic carbocycles. The van der Waals surface area contributed by atoms with Gasteiger partial charge >= 0.3 is 0 Å². The average Bonchev–Trinajstić information content (AvgIpc) is 3.30. The monoisotopic (exact) mass is 465 g/mol. The average molecular weight is 466 g/mol. The Morgan fingerprint density at radius 2 is 1.76 bits per heavy atom. The number of oxime groups is 1. The molecule has 33 heavy (non-hydrogen) atoms. The van der Waals surface area contributed by atoms with Crippen molar-refractivity contribution >= 4 is 21.4 Å². The Kier molecular flexibility index (Phi) is 6.44. The van der Waals surface area contributed by atoms with Gasteiger partial charge in [-0.1, -0.05) is 41.6 Å². The van der Waals surface area contributed by atoms with Gasteiger partial charge in [-0.2, -0.15) is 0 Å². The minimum atomic E-state index is -3.34. The number of aromatic nitrogens is 2. The molecule has 2 heterocycles. The van der Waals surface area contributed by atoms with Gasteiger partial charge in [0.25, 0.3) is 0 Å². The maximum Gasteiger partial charge on any atom is 0.180 e. The zero-order valence-electron chi connectivity index (χ0n) is 18.8. The fourth-order valence-electron chi connectivity index (χ4n) is 3.59.